The minimum absolute atomic E-state index is 0.0865. The monoisotopic (exact) mass is 1770 g/mol. The van der Waals surface area contributed by atoms with Crippen LogP contribution in [0.2, 0.25) is 76.6 Å². The molecule has 8 aromatic carbocycles. The van der Waals surface area contributed by atoms with Crippen LogP contribution in [-0.2, 0) is 95.8 Å². The van der Waals surface area contributed by atoms with E-state index < -0.39 is 104 Å². The molecule has 0 aliphatic carbocycles. The van der Waals surface area contributed by atoms with E-state index >= 15 is 0 Å². The lowest BCUT2D eigenvalue weighted by molar-refractivity contribution is 0.0745. The molecule has 7 aliphatic rings. The van der Waals surface area contributed by atoms with E-state index in [0.717, 1.165) is 0 Å². The summed E-state index contributed by atoms with van der Waals surface area (Å²) in [7, 11) is -51.4. The molecule has 0 saturated carbocycles. The average Bonchev–Trinajstić information content (AvgIpc) is 1.70. The fraction of sp³-hybridized carbons (Fsp3) is 0.407. The highest BCUT2D eigenvalue weighted by Crippen LogP contribution is 2.43. The van der Waals surface area contributed by atoms with Gasteiger partial charge in [0.15, 0.2) is 33.3 Å². The topological polar surface area (TPSA) is 216 Å². The smallest absolute Gasteiger partial charge is 0.413 e. The van der Waals surface area contributed by atoms with Crippen LogP contribution < -0.4 is 41.5 Å². The summed E-state index contributed by atoms with van der Waals surface area (Å²) in [6, 6.07) is 82.2. The highest BCUT2D eigenvalue weighted by molar-refractivity contribution is 7.09. The molecule has 0 spiro atoms. The minimum atomic E-state index is -5.58. The number of rotatable bonds is 43. The molecule has 0 aromatic heterocycles. The summed E-state index contributed by atoms with van der Waals surface area (Å²) >= 11 is 0. The minimum Gasteiger partial charge on any atom is -0.413 e. The van der Waals surface area contributed by atoms with Gasteiger partial charge in [-0.05, 0) is 107 Å². The molecule has 7 fully saturated rings. The Morgan fingerprint density at radius 1 is 0.313 bits per heavy atom. The third-order valence-corrected chi connectivity index (χ3v) is 67.7. The molecule has 7 aliphatic heterocycles. The van der Waals surface area contributed by atoms with E-state index in [1.165, 1.54) is 0 Å². The van der Waals surface area contributed by atoms with Crippen molar-refractivity contribution in [2.24, 2.45) is 0 Å². The van der Waals surface area contributed by atoms with Gasteiger partial charge < -0.3 is 95.8 Å². The van der Waals surface area contributed by atoms with Crippen molar-refractivity contribution in [1.29, 1.82) is 0 Å². The molecule has 115 heavy (non-hydrogen) atoms. The first-order valence-electron chi connectivity index (χ1n) is 40.4. The van der Waals surface area contributed by atoms with Crippen molar-refractivity contribution in [2.45, 2.75) is 127 Å². The second kappa shape index (κ2) is 38.7. The molecule has 10 unspecified atom stereocenters. The number of hydrogen-bond acceptors (Lipinski definition) is 22. The highest BCUT2D eigenvalue weighted by atomic mass is 28.6. The molecule has 0 N–H and O–H groups in total. The van der Waals surface area contributed by atoms with Crippen molar-refractivity contribution in [2.75, 3.05) is 86.4 Å². The van der Waals surface area contributed by atoms with Crippen LogP contribution in [0.1, 0.15) is 25.7 Å². The van der Waals surface area contributed by atoms with Crippen molar-refractivity contribution in [3.8, 4) is 0 Å². The number of hydrogen-bond donors (Lipinski definition) is 0. The van der Waals surface area contributed by atoms with E-state index in [2.05, 4.69) is 52.4 Å². The standard InChI is InChI=1S/C81H112O22Si12/c1-82-109(75-40-20-11-21-41-75,93-105(2,3)58-34-54-83-62-70-66-87-70)97-114(80-50-30-16-31-51-80)98-110(76-42-22-12-23-43-76,94-106(4,5)59-35-55-84-63-71-67-88-71)91-104(74-38-18-10-19-39-74)92-111(77-44-24-13-25-45-77)99-112(78-46-26-14-27-47-78,95-107(6,7)60-36-56-85-64-72-68-89-72)101-115(103-114,81-52-32-17-33-53-81)102-113(100-111,79-48-28-15-29-49-79)96-108(8,9)61-37-57-86-65-73-69-90-73/h10-33,38-53,70-73,104H,34-37,54-69H2,1-9H3. The van der Waals surface area contributed by atoms with Gasteiger partial charge in [-0.25, -0.2) is 0 Å². The summed E-state index contributed by atoms with van der Waals surface area (Å²) in [5.41, 5.74) is 0. The third kappa shape index (κ3) is 23.4. The van der Waals surface area contributed by atoms with Gasteiger partial charge in [0.1, 0.15) is 24.4 Å². The van der Waals surface area contributed by atoms with Crippen LogP contribution in [0.15, 0.2) is 243 Å². The van der Waals surface area contributed by atoms with Crippen molar-refractivity contribution < 1.29 is 95.8 Å². The Balaban J connectivity index is 1.11. The summed E-state index contributed by atoms with van der Waals surface area (Å²) in [4.78, 5) is 0. The fourth-order valence-electron chi connectivity index (χ4n) is 14.2. The number of epoxide rings is 4. The molecule has 7 heterocycles. The summed E-state index contributed by atoms with van der Waals surface area (Å²) < 4.78 is 169. The lowest BCUT2D eigenvalue weighted by Gasteiger charge is -2.55. The Morgan fingerprint density at radius 2 is 0.591 bits per heavy atom. The largest absolute Gasteiger partial charge is 0.519 e. The molecule has 0 radical (unpaired) electrons. The van der Waals surface area contributed by atoms with Crippen LogP contribution in [0.5, 0.6) is 0 Å². The maximum Gasteiger partial charge on any atom is 0.519 e. The number of ether oxygens (including phenoxy) is 8. The van der Waals surface area contributed by atoms with Crippen molar-refractivity contribution in [3.63, 3.8) is 0 Å². The van der Waals surface area contributed by atoms with E-state index in [1.807, 2.05) is 243 Å². The molecule has 15 rings (SSSR count). The van der Waals surface area contributed by atoms with E-state index in [-0.39, 0.29) is 24.4 Å². The number of benzene rings is 8. The second-order valence-electron chi connectivity index (χ2n) is 32.3. The molecular formula is C81H112O22Si12. The number of fused-ring (bicyclic) bond motifs is 10. The molecule has 34 heteroatoms. The average molecular weight is 1770 g/mol. The van der Waals surface area contributed by atoms with Crippen molar-refractivity contribution in [1.82, 2.24) is 0 Å². The normalized spacial score (nSPS) is 27.5. The molecule has 2 bridgehead atoms. The summed E-state index contributed by atoms with van der Waals surface area (Å²) in [6.07, 6.45) is 2.99. The Bertz CT molecular complexity index is 4190. The van der Waals surface area contributed by atoms with E-state index in [1.54, 1.807) is 7.11 Å². The van der Waals surface area contributed by atoms with Gasteiger partial charge in [-0.15, -0.1) is 0 Å². The molecule has 10 atom stereocenters. The van der Waals surface area contributed by atoms with Gasteiger partial charge in [0.25, 0.3) is 0 Å². The van der Waals surface area contributed by atoms with E-state index in [4.69, 9.17) is 91.7 Å². The van der Waals surface area contributed by atoms with Crippen LogP contribution in [0.25, 0.3) is 0 Å². The lowest BCUT2D eigenvalue weighted by atomic mass is 10.4. The maximum atomic E-state index is 9.26. The van der Waals surface area contributed by atoms with Gasteiger partial charge in [0, 0.05) is 69.8 Å². The molecule has 616 valence electrons. The SMILES string of the molecule is CO[Si](O[Si](C)(C)CCCOCC1CO1)(O[Si]1(c2ccccc2)O[Si](O[Si](C)(C)CCCOCC2CO2)(c2ccccc2)O[SiH](c2ccccc2)O[Si]2(c3ccccc3)O[Si](O[Si](C)(C)CCCOCC3CO3)(c3ccccc3)O[Si](c3ccccc3)(O[Si](O[Si](C)(C)CCCOCC3CO3)(c3ccccc3)O2)O1)c1ccccc1. The van der Waals surface area contributed by atoms with Gasteiger partial charge in [0.2, 0.25) is 0 Å². The van der Waals surface area contributed by atoms with Gasteiger partial charge >= 0.3 is 70.9 Å². The van der Waals surface area contributed by atoms with E-state index in [0.29, 0.717) is 171 Å². The van der Waals surface area contributed by atoms with Gasteiger partial charge in [0.05, 0.1) is 52.9 Å². The Labute approximate surface area is 692 Å². The molecule has 7 saturated heterocycles. The maximum absolute atomic E-state index is 9.26. The quantitative estimate of drug-likeness (QED) is 0.0198. The Morgan fingerprint density at radius 3 is 0.930 bits per heavy atom. The van der Waals surface area contributed by atoms with Gasteiger partial charge in [-0.3, -0.25) is 0 Å². The third-order valence-electron chi connectivity index (χ3n) is 20.4. The first-order valence-corrected chi connectivity index (χ1v) is 66.4. The molecule has 22 nitrogen and oxygen atoms in total. The zero-order valence-corrected chi connectivity index (χ0v) is 79.8. The Kier molecular flexibility index (Phi) is 29.2. The summed E-state index contributed by atoms with van der Waals surface area (Å²) in [5, 5.41) is 4.59. The molecule has 8 aromatic rings. The van der Waals surface area contributed by atoms with E-state index in [9.17, 15) is 4.12 Å². The lowest BCUT2D eigenvalue weighted by Crippen LogP contribution is -2.87. The van der Waals surface area contributed by atoms with Gasteiger partial charge in [-0.1, -0.05) is 243 Å². The van der Waals surface area contributed by atoms with Crippen LogP contribution in [0, 0.1) is 0 Å². The predicted octanol–water partition coefficient (Wildman–Crippen LogP) is 8.97. The van der Waals surface area contributed by atoms with Crippen LogP contribution in [0.3, 0.4) is 0 Å². The van der Waals surface area contributed by atoms with Gasteiger partial charge in [-0.2, -0.15) is 0 Å². The summed E-state index contributed by atoms with van der Waals surface area (Å²) in [6.45, 7) is 24.3. The van der Waals surface area contributed by atoms with Crippen LogP contribution >= 0.6 is 0 Å². The molecular weight excluding hydrogens is 1660 g/mol. The van der Waals surface area contributed by atoms with Crippen molar-refractivity contribution in [3.05, 3.63) is 243 Å². The molecule has 0 amide bonds. The predicted molar refractivity (Wildman–Crippen MR) is 467 cm³/mol. The highest BCUT2D eigenvalue weighted by Gasteiger charge is 2.77. The summed E-state index contributed by atoms with van der Waals surface area (Å²) in [5.74, 6) is 0. The zero-order chi connectivity index (χ0) is 80.0. The Hall–Kier alpha value is -4.52. The van der Waals surface area contributed by atoms with Crippen molar-refractivity contribution >= 4 is 146 Å². The van der Waals surface area contributed by atoms with Crippen LogP contribution in [0.4, 0.5) is 0 Å². The fourth-order valence-corrected chi connectivity index (χ4v) is 71.1. The first kappa shape index (κ1) is 86.9. The first-order chi connectivity index (χ1) is 55.6. The van der Waals surface area contributed by atoms with Crippen LogP contribution in [-0.4, -0.2) is 215 Å². The zero-order valence-electron chi connectivity index (χ0n) is 67.6. The second-order valence-corrected chi connectivity index (χ2v) is 72.8.